The van der Waals surface area contributed by atoms with Crippen LogP contribution >= 0.6 is 11.6 Å². The molecule has 1 heterocycles. The summed E-state index contributed by atoms with van der Waals surface area (Å²) in [6, 6.07) is 8.59. The molecular formula is C11H14ClN. The van der Waals surface area contributed by atoms with E-state index in [-0.39, 0.29) is 0 Å². The molecule has 70 valence electrons. The molecule has 1 atom stereocenters. The van der Waals surface area contributed by atoms with Gasteiger partial charge in [0.2, 0.25) is 0 Å². The lowest BCUT2D eigenvalue weighted by Gasteiger charge is -2.37. The van der Waals surface area contributed by atoms with Gasteiger partial charge >= 0.3 is 0 Å². The van der Waals surface area contributed by atoms with Crippen LogP contribution in [0, 0.1) is 0 Å². The molecule has 0 N–H and O–H groups in total. The van der Waals surface area contributed by atoms with Crippen LogP contribution in [0.25, 0.3) is 0 Å². The molecule has 1 aromatic rings. The molecule has 0 bridgehead atoms. The maximum absolute atomic E-state index is 6.12. The van der Waals surface area contributed by atoms with E-state index in [0.29, 0.717) is 6.04 Å². The Morgan fingerprint density at radius 3 is 2.54 bits per heavy atom. The van der Waals surface area contributed by atoms with E-state index >= 15 is 0 Å². The first-order chi connectivity index (χ1) is 6.29. The van der Waals surface area contributed by atoms with Crippen LogP contribution < -0.4 is 0 Å². The third kappa shape index (κ3) is 1.72. The van der Waals surface area contributed by atoms with E-state index in [0.717, 1.165) is 5.02 Å². The average Bonchev–Trinajstić information content (AvgIpc) is 2.01. The second-order valence-corrected chi connectivity index (χ2v) is 3.99. The van der Waals surface area contributed by atoms with E-state index in [1.165, 1.54) is 25.1 Å². The zero-order valence-corrected chi connectivity index (χ0v) is 8.59. The van der Waals surface area contributed by atoms with Crippen molar-refractivity contribution in [1.29, 1.82) is 0 Å². The molecule has 0 aromatic heterocycles. The van der Waals surface area contributed by atoms with Crippen molar-refractivity contribution in [2.75, 3.05) is 13.1 Å². The van der Waals surface area contributed by atoms with E-state index < -0.39 is 0 Å². The Kier molecular flexibility index (Phi) is 2.56. The first-order valence-electron chi connectivity index (χ1n) is 4.77. The van der Waals surface area contributed by atoms with E-state index in [4.69, 9.17) is 11.6 Å². The number of hydrogen-bond donors (Lipinski definition) is 0. The molecule has 0 radical (unpaired) electrons. The minimum absolute atomic E-state index is 0.474. The first-order valence-corrected chi connectivity index (χ1v) is 5.15. The second kappa shape index (κ2) is 3.69. The standard InChI is InChI=1S/C11H14ClN/c1-9(13-7-4-8-13)10-5-2-3-6-11(10)12/h2-3,5-6,9H,4,7-8H2,1H3. The largest absolute Gasteiger partial charge is 0.296 e. The van der Waals surface area contributed by atoms with Gasteiger partial charge in [0.15, 0.2) is 0 Å². The highest BCUT2D eigenvalue weighted by Gasteiger charge is 2.22. The van der Waals surface area contributed by atoms with E-state index in [1.807, 2.05) is 12.1 Å². The van der Waals surface area contributed by atoms with Crippen LogP contribution in [0.3, 0.4) is 0 Å². The smallest absolute Gasteiger partial charge is 0.0453 e. The molecule has 1 saturated heterocycles. The summed E-state index contributed by atoms with van der Waals surface area (Å²) in [5, 5.41) is 0.891. The van der Waals surface area contributed by atoms with Gasteiger partial charge in [-0.2, -0.15) is 0 Å². The highest BCUT2D eigenvalue weighted by molar-refractivity contribution is 6.31. The van der Waals surface area contributed by atoms with Crippen LogP contribution in [-0.4, -0.2) is 18.0 Å². The van der Waals surface area contributed by atoms with Crippen molar-refractivity contribution >= 4 is 11.6 Å². The Morgan fingerprint density at radius 1 is 1.31 bits per heavy atom. The molecule has 2 rings (SSSR count). The quantitative estimate of drug-likeness (QED) is 0.701. The highest BCUT2D eigenvalue weighted by Crippen LogP contribution is 2.29. The normalized spacial score (nSPS) is 19.5. The number of likely N-dealkylation sites (tertiary alicyclic amines) is 1. The van der Waals surface area contributed by atoms with Gasteiger partial charge in [0.05, 0.1) is 0 Å². The van der Waals surface area contributed by atoms with Crippen LogP contribution in [0.2, 0.25) is 5.02 Å². The Morgan fingerprint density at radius 2 is 2.00 bits per heavy atom. The minimum Gasteiger partial charge on any atom is -0.296 e. The number of rotatable bonds is 2. The SMILES string of the molecule is CC(c1ccccc1Cl)N1CCC1. The van der Waals surface area contributed by atoms with Gasteiger partial charge in [-0.15, -0.1) is 0 Å². The van der Waals surface area contributed by atoms with Crippen molar-refractivity contribution in [2.45, 2.75) is 19.4 Å². The van der Waals surface area contributed by atoms with Crippen molar-refractivity contribution in [1.82, 2.24) is 4.90 Å². The predicted molar refractivity (Wildman–Crippen MR) is 56.1 cm³/mol. The molecule has 1 aliphatic rings. The van der Waals surface area contributed by atoms with E-state index in [9.17, 15) is 0 Å². The van der Waals surface area contributed by atoms with Gasteiger partial charge in [-0.25, -0.2) is 0 Å². The van der Waals surface area contributed by atoms with Crippen LogP contribution in [-0.2, 0) is 0 Å². The maximum Gasteiger partial charge on any atom is 0.0453 e. The molecule has 1 fully saturated rings. The third-order valence-electron chi connectivity index (χ3n) is 2.79. The maximum atomic E-state index is 6.12. The fourth-order valence-electron chi connectivity index (χ4n) is 1.74. The molecule has 2 heteroatoms. The molecule has 1 aliphatic heterocycles. The summed E-state index contributed by atoms with van der Waals surface area (Å²) in [6.07, 6.45) is 1.33. The third-order valence-corrected chi connectivity index (χ3v) is 3.14. The van der Waals surface area contributed by atoms with Gasteiger partial charge in [-0.3, -0.25) is 4.90 Å². The summed E-state index contributed by atoms with van der Waals surface area (Å²) in [5.41, 5.74) is 1.25. The lowest BCUT2D eigenvalue weighted by atomic mass is 10.0. The Bertz CT molecular complexity index is 294. The summed E-state index contributed by atoms with van der Waals surface area (Å²) < 4.78 is 0. The summed E-state index contributed by atoms with van der Waals surface area (Å²) in [6.45, 7) is 4.65. The van der Waals surface area contributed by atoms with Gasteiger partial charge in [0, 0.05) is 11.1 Å². The van der Waals surface area contributed by atoms with Crippen molar-refractivity contribution < 1.29 is 0 Å². The van der Waals surface area contributed by atoms with Gasteiger partial charge in [0.25, 0.3) is 0 Å². The van der Waals surface area contributed by atoms with Crippen LogP contribution in [0.1, 0.15) is 24.9 Å². The molecule has 0 saturated carbocycles. The van der Waals surface area contributed by atoms with Crippen LogP contribution in [0.15, 0.2) is 24.3 Å². The summed E-state index contributed by atoms with van der Waals surface area (Å²) in [7, 11) is 0. The molecule has 0 aliphatic carbocycles. The van der Waals surface area contributed by atoms with Gasteiger partial charge in [-0.1, -0.05) is 29.8 Å². The second-order valence-electron chi connectivity index (χ2n) is 3.59. The minimum atomic E-state index is 0.474. The topological polar surface area (TPSA) is 3.24 Å². The lowest BCUT2D eigenvalue weighted by Crippen LogP contribution is -2.39. The van der Waals surface area contributed by atoms with Crippen molar-refractivity contribution in [3.63, 3.8) is 0 Å². The van der Waals surface area contributed by atoms with E-state index in [2.05, 4.69) is 24.0 Å². The molecule has 0 spiro atoms. The lowest BCUT2D eigenvalue weighted by molar-refractivity contribution is 0.128. The number of nitrogens with zero attached hydrogens (tertiary/aromatic N) is 1. The van der Waals surface area contributed by atoms with Crippen molar-refractivity contribution in [3.8, 4) is 0 Å². The van der Waals surface area contributed by atoms with Crippen molar-refractivity contribution in [2.24, 2.45) is 0 Å². The van der Waals surface area contributed by atoms with Gasteiger partial charge in [0.1, 0.15) is 0 Å². The first kappa shape index (κ1) is 9.04. The molecule has 1 aromatic carbocycles. The van der Waals surface area contributed by atoms with E-state index in [1.54, 1.807) is 0 Å². The monoisotopic (exact) mass is 195 g/mol. The fraction of sp³-hybridized carbons (Fsp3) is 0.455. The Hall–Kier alpha value is -0.530. The summed E-state index contributed by atoms with van der Waals surface area (Å²) in [4.78, 5) is 2.45. The van der Waals surface area contributed by atoms with Crippen LogP contribution in [0.4, 0.5) is 0 Å². The molecule has 0 amide bonds. The molecular weight excluding hydrogens is 182 g/mol. The predicted octanol–water partition coefficient (Wildman–Crippen LogP) is 3.11. The number of benzene rings is 1. The summed E-state index contributed by atoms with van der Waals surface area (Å²) >= 11 is 6.12. The molecule has 1 unspecified atom stereocenters. The van der Waals surface area contributed by atoms with Crippen LogP contribution in [0.5, 0.6) is 0 Å². The van der Waals surface area contributed by atoms with Gasteiger partial charge in [-0.05, 0) is 38.1 Å². The fourth-order valence-corrected chi connectivity index (χ4v) is 2.03. The Balaban J connectivity index is 2.18. The zero-order chi connectivity index (χ0) is 9.26. The molecule has 13 heavy (non-hydrogen) atoms. The number of hydrogen-bond acceptors (Lipinski definition) is 1. The van der Waals surface area contributed by atoms with Crippen molar-refractivity contribution in [3.05, 3.63) is 34.9 Å². The Labute approximate surface area is 84.3 Å². The highest BCUT2D eigenvalue weighted by atomic mass is 35.5. The number of halogens is 1. The molecule has 1 nitrogen and oxygen atoms in total. The van der Waals surface area contributed by atoms with Gasteiger partial charge < -0.3 is 0 Å². The zero-order valence-electron chi connectivity index (χ0n) is 7.83. The summed E-state index contributed by atoms with van der Waals surface area (Å²) in [5.74, 6) is 0. The average molecular weight is 196 g/mol.